The Balaban J connectivity index is 1.64. The third-order valence-corrected chi connectivity index (χ3v) is 3.18. The first kappa shape index (κ1) is 16.1. The highest BCUT2D eigenvalue weighted by Gasteiger charge is 2.10. The second kappa shape index (κ2) is 7.18. The molecule has 0 saturated carbocycles. The predicted octanol–water partition coefficient (Wildman–Crippen LogP) is 3.43. The van der Waals surface area contributed by atoms with Crippen LogP contribution in [0.3, 0.4) is 0 Å². The number of anilines is 1. The molecule has 0 spiro atoms. The van der Waals surface area contributed by atoms with Gasteiger partial charge in [-0.15, -0.1) is 0 Å². The molecule has 1 aromatic heterocycles. The molecule has 0 unspecified atom stereocenters. The lowest BCUT2D eigenvalue weighted by molar-refractivity contribution is -0.384. The summed E-state index contributed by atoms with van der Waals surface area (Å²) in [5, 5.41) is 13.2. The number of nitrogens with zero attached hydrogens (tertiary/aromatic N) is 3. The van der Waals surface area contributed by atoms with Crippen LogP contribution < -0.4 is 10.1 Å². The molecular weight excluding hydrogens is 324 g/mol. The highest BCUT2D eigenvalue weighted by Crippen LogP contribution is 2.18. The minimum absolute atomic E-state index is 0.0812. The number of carbonyl (C=O) groups excluding carboxylic acids is 1. The summed E-state index contributed by atoms with van der Waals surface area (Å²) in [5.41, 5.74) is 0.585. The van der Waals surface area contributed by atoms with E-state index in [1.54, 1.807) is 12.1 Å². The molecule has 1 amide bonds. The van der Waals surface area contributed by atoms with Gasteiger partial charge in [0.1, 0.15) is 5.75 Å². The Labute approximate surface area is 142 Å². The molecule has 0 saturated heterocycles. The van der Waals surface area contributed by atoms with Crippen LogP contribution in [0, 0.1) is 10.1 Å². The van der Waals surface area contributed by atoms with Crippen molar-refractivity contribution in [3.05, 3.63) is 82.7 Å². The minimum Gasteiger partial charge on any atom is -0.424 e. The molecule has 25 heavy (non-hydrogen) atoms. The molecule has 8 heteroatoms. The number of hydrogen-bond acceptors (Lipinski definition) is 6. The van der Waals surface area contributed by atoms with Crippen LogP contribution in [0.25, 0.3) is 0 Å². The molecule has 0 radical (unpaired) electrons. The molecule has 3 aromatic rings. The first-order valence-corrected chi connectivity index (χ1v) is 7.22. The molecule has 0 atom stereocenters. The summed E-state index contributed by atoms with van der Waals surface area (Å²) < 4.78 is 5.46. The van der Waals surface area contributed by atoms with E-state index in [2.05, 4.69) is 15.3 Å². The summed E-state index contributed by atoms with van der Waals surface area (Å²) in [6.07, 6.45) is 2.82. The summed E-state index contributed by atoms with van der Waals surface area (Å²) >= 11 is 0. The Kier molecular flexibility index (Phi) is 4.61. The van der Waals surface area contributed by atoms with Gasteiger partial charge in [0.2, 0.25) is 0 Å². The van der Waals surface area contributed by atoms with Gasteiger partial charge >= 0.3 is 6.01 Å². The average Bonchev–Trinajstić information content (AvgIpc) is 2.64. The number of hydrogen-bond donors (Lipinski definition) is 1. The number of nitro benzene ring substituents is 1. The lowest BCUT2D eigenvalue weighted by atomic mass is 10.2. The number of rotatable bonds is 5. The van der Waals surface area contributed by atoms with Gasteiger partial charge in [-0.3, -0.25) is 14.9 Å². The number of amides is 1. The first-order valence-electron chi connectivity index (χ1n) is 7.22. The summed E-state index contributed by atoms with van der Waals surface area (Å²) in [6, 6.07) is 14.5. The predicted molar refractivity (Wildman–Crippen MR) is 89.6 cm³/mol. The summed E-state index contributed by atoms with van der Waals surface area (Å²) in [5.74, 6) is 0.181. The third kappa shape index (κ3) is 4.14. The van der Waals surface area contributed by atoms with Crippen LogP contribution in [-0.2, 0) is 0 Å². The van der Waals surface area contributed by atoms with Crippen molar-refractivity contribution < 1.29 is 14.5 Å². The summed E-state index contributed by atoms with van der Waals surface area (Å²) in [6.45, 7) is 0. The number of carbonyl (C=O) groups is 1. The van der Waals surface area contributed by atoms with Crippen molar-refractivity contribution in [3.63, 3.8) is 0 Å². The maximum Gasteiger partial charge on any atom is 0.322 e. The molecule has 0 bridgehead atoms. The van der Waals surface area contributed by atoms with Gasteiger partial charge in [0.05, 0.1) is 23.0 Å². The monoisotopic (exact) mass is 336 g/mol. The van der Waals surface area contributed by atoms with E-state index in [0.717, 1.165) is 0 Å². The molecule has 3 rings (SSSR count). The van der Waals surface area contributed by atoms with Gasteiger partial charge in [0.25, 0.3) is 11.6 Å². The van der Waals surface area contributed by atoms with Gasteiger partial charge in [-0.2, -0.15) is 0 Å². The molecule has 0 aliphatic carbocycles. The fourth-order valence-electron chi connectivity index (χ4n) is 1.97. The number of para-hydroxylation sites is 1. The van der Waals surface area contributed by atoms with Gasteiger partial charge in [0, 0.05) is 17.7 Å². The van der Waals surface area contributed by atoms with Crippen molar-refractivity contribution in [2.24, 2.45) is 0 Å². The second-order valence-electron chi connectivity index (χ2n) is 4.93. The number of nitro groups is 1. The van der Waals surface area contributed by atoms with Crippen molar-refractivity contribution in [1.29, 1.82) is 0 Å². The maximum absolute atomic E-state index is 12.1. The van der Waals surface area contributed by atoms with E-state index in [9.17, 15) is 14.9 Å². The van der Waals surface area contributed by atoms with E-state index in [1.165, 1.54) is 36.7 Å². The normalized spacial score (nSPS) is 10.1. The lowest BCUT2D eigenvalue weighted by Crippen LogP contribution is -2.12. The van der Waals surface area contributed by atoms with Gasteiger partial charge in [-0.1, -0.05) is 18.2 Å². The Hall–Kier alpha value is -3.81. The van der Waals surface area contributed by atoms with Gasteiger partial charge in [-0.05, 0) is 24.3 Å². The fourth-order valence-corrected chi connectivity index (χ4v) is 1.97. The van der Waals surface area contributed by atoms with Gasteiger partial charge in [-0.25, -0.2) is 9.97 Å². The van der Waals surface area contributed by atoms with Crippen molar-refractivity contribution in [2.45, 2.75) is 0 Å². The number of nitrogens with one attached hydrogen (secondary N) is 1. The number of non-ortho nitro benzene ring substituents is 1. The standard InChI is InChI=1S/C17H12N4O4/c22-16(12-6-8-14(9-7-12)21(23)24)20-13-10-18-17(19-11-13)25-15-4-2-1-3-5-15/h1-11H,(H,20,22). The Morgan fingerprint density at radius 3 is 2.24 bits per heavy atom. The lowest BCUT2D eigenvalue weighted by Gasteiger charge is -2.06. The van der Waals surface area contributed by atoms with Crippen molar-refractivity contribution in [3.8, 4) is 11.8 Å². The maximum atomic E-state index is 12.1. The molecule has 1 N–H and O–H groups in total. The molecule has 0 aliphatic rings. The Morgan fingerprint density at radius 2 is 1.64 bits per heavy atom. The molecule has 8 nitrogen and oxygen atoms in total. The quantitative estimate of drug-likeness (QED) is 0.565. The van der Waals surface area contributed by atoms with E-state index >= 15 is 0 Å². The number of ether oxygens (including phenoxy) is 1. The van der Waals surface area contributed by atoms with Crippen molar-refractivity contribution in [1.82, 2.24) is 9.97 Å². The highest BCUT2D eigenvalue weighted by molar-refractivity contribution is 6.04. The Morgan fingerprint density at radius 1 is 1.00 bits per heavy atom. The highest BCUT2D eigenvalue weighted by atomic mass is 16.6. The third-order valence-electron chi connectivity index (χ3n) is 3.18. The zero-order valence-corrected chi connectivity index (χ0v) is 12.8. The van der Waals surface area contributed by atoms with Crippen LogP contribution in [0.5, 0.6) is 11.8 Å². The van der Waals surface area contributed by atoms with Crippen LogP contribution in [0.2, 0.25) is 0 Å². The molecule has 1 heterocycles. The number of aromatic nitrogens is 2. The zero-order chi connectivity index (χ0) is 17.6. The van der Waals surface area contributed by atoms with E-state index in [1.807, 2.05) is 18.2 Å². The fraction of sp³-hybridized carbons (Fsp3) is 0. The van der Waals surface area contributed by atoms with Crippen molar-refractivity contribution >= 4 is 17.3 Å². The van der Waals surface area contributed by atoms with Crippen LogP contribution in [0.1, 0.15) is 10.4 Å². The molecular formula is C17H12N4O4. The van der Waals surface area contributed by atoms with Gasteiger partial charge < -0.3 is 10.1 Å². The van der Waals surface area contributed by atoms with E-state index in [0.29, 0.717) is 11.4 Å². The van der Waals surface area contributed by atoms with Crippen LogP contribution in [-0.4, -0.2) is 20.8 Å². The van der Waals surface area contributed by atoms with Crippen molar-refractivity contribution in [2.75, 3.05) is 5.32 Å². The molecule has 0 fully saturated rings. The average molecular weight is 336 g/mol. The van der Waals surface area contributed by atoms with E-state index in [-0.39, 0.29) is 17.3 Å². The SMILES string of the molecule is O=C(Nc1cnc(Oc2ccccc2)nc1)c1ccc([N+](=O)[O-])cc1. The minimum atomic E-state index is -0.527. The van der Waals surface area contributed by atoms with E-state index < -0.39 is 10.8 Å². The second-order valence-corrected chi connectivity index (χ2v) is 4.93. The first-order chi connectivity index (χ1) is 12.1. The topological polar surface area (TPSA) is 107 Å². The zero-order valence-electron chi connectivity index (χ0n) is 12.8. The van der Waals surface area contributed by atoms with Crippen LogP contribution in [0.15, 0.2) is 67.0 Å². The summed E-state index contributed by atoms with van der Waals surface area (Å²) in [7, 11) is 0. The molecule has 124 valence electrons. The van der Waals surface area contributed by atoms with E-state index in [4.69, 9.17) is 4.74 Å². The smallest absolute Gasteiger partial charge is 0.322 e. The summed E-state index contributed by atoms with van der Waals surface area (Å²) in [4.78, 5) is 30.2. The molecule has 0 aliphatic heterocycles. The largest absolute Gasteiger partial charge is 0.424 e. The Bertz CT molecular complexity index is 881. The number of benzene rings is 2. The van der Waals surface area contributed by atoms with Gasteiger partial charge in [0.15, 0.2) is 0 Å². The molecule has 2 aromatic carbocycles. The van der Waals surface area contributed by atoms with Crippen LogP contribution in [0.4, 0.5) is 11.4 Å². The van der Waals surface area contributed by atoms with Crippen LogP contribution >= 0.6 is 0 Å².